The van der Waals surface area contributed by atoms with Gasteiger partial charge in [0.2, 0.25) is 0 Å². The fourth-order valence-corrected chi connectivity index (χ4v) is 1.95. The molecule has 0 aromatic heterocycles. The molecule has 1 aromatic rings. The van der Waals surface area contributed by atoms with Gasteiger partial charge in [-0.15, -0.1) is 0 Å². The first-order chi connectivity index (χ1) is 9.20. The molecular weight excluding hydrogens is 242 g/mol. The number of hydrogen-bond acceptors (Lipinski definition) is 3. The standard InChI is InChI=1S/C15H21NO3/c1-2-5-14(15(17)18)19-13-7-4-3-6-11(13)10-16-12-8-9-12/h3-4,6-7,12,14,16H,2,5,8-10H2,1H3,(H,17,18). The lowest BCUT2D eigenvalue weighted by Gasteiger charge is -2.17. The molecule has 2 rings (SSSR count). The molecule has 1 unspecified atom stereocenters. The van der Waals surface area contributed by atoms with E-state index in [1.807, 2.05) is 31.2 Å². The summed E-state index contributed by atoms with van der Waals surface area (Å²) in [6.45, 7) is 2.69. The minimum Gasteiger partial charge on any atom is -0.479 e. The Morgan fingerprint density at radius 3 is 2.84 bits per heavy atom. The van der Waals surface area contributed by atoms with Gasteiger partial charge >= 0.3 is 5.97 Å². The van der Waals surface area contributed by atoms with Crippen LogP contribution in [0.25, 0.3) is 0 Å². The van der Waals surface area contributed by atoms with Gasteiger partial charge in [0.15, 0.2) is 6.10 Å². The first-order valence-electron chi connectivity index (χ1n) is 6.91. The van der Waals surface area contributed by atoms with Crippen LogP contribution in [0.1, 0.15) is 38.2 Å². The number of aliphatic carboxylic acids is 1. The predicted octanol–water partition coefficient (Wildman–Crippen LogP) is 2.57. The van der Waals surface area contributed by atoms with Crippen LogP contribution >= 0.6 is 0 Å². The molecule has 1 aliphatic carbocycles. The third kappa shape index (κ3) is 4.24. The van der Waals surface area contributed by atoms with E-state index in [0.717, 1.165) is 18.5 Å². The highest BCUT2D eigenvalue weighted by molar-refractivity contribution is 5.72. The Balaban J connectivity index is 2.02. The first kappa shape index (κ1) is 13.9. The van der Waals surface area contributed by atoms with Crippen molar-refractivity contribution in [3.63, 3.8) is 0 Å². The summed E-state index contributed by atoms with van der Waals surface area (Å²) in [5, 5.41) is 12.6. The highest BCUT2D eigenvalue weighted by Crippen LogP contribution is 2.23. The molecule has 1 saturated carbocycles. The van der Waals surface area contributed by atoms with Crippen molar-refractivity contribution in [3.8, 4) is 5.75 Å². The van der Waals surface area contributed by atoms with Crippen LogP contribution in [-0.2, 0) is 11.3 Å². The van der Waals surface area contributed by atoms with Gasteiger partial charge in [-0.3, -0.25) is 0 Å². The Morgan fingerprint density at radius 1 is 1.47 bits per heavy atom. The van der Waals surface area contributed by atoms with Crippen LogP contribution < -0.4 is 10.1 Å². The van der Waals surface area contributed by atoms with Gasteiger partial charge in [0.1, 0.15) is 5.75 Å². The molecule has 1 aromatic carbocycles. The topological polar surface area (TPSA) is 58.6 Å². The summed E-state index contributed by atoms with van der Waals surface area (Å²) in [6, 6.07) is 8.28. The number of hydrogen-bond donors (Lipinski definition) is 2. The highest BCUT2D eigenvalue weighted by Gasteiger charge is 2.22. The number of carbonyl (C=O) groups is 1. The molecule has 0 saturated heterocycles. The largest absolute Gasteiger partial charge is 0.479 e. The third-order valence-electron chi connectivity index (χ3n) is 3.23. The zero-order chi connectivity index (χ0) is 13.7. The van der Waals surface area contributed by atoms with Gasteiger partial charge in [-0.2, -0.15) is 0 Å². The Morgan fingerprint density at radius 2 is 2.21 bits per heavy atom. The summed E-state index contributed by atoms with van der Waals surface area (Å²) in [7, 11) is 0. The fraction of sp³-hybridized carbons (Fsp3) is 0.533. The van der Waals surface area contributed by atoms with Gasteiger partial charge < -0.3 is 15.2 Å². The summed E-state index contributed by atoms with van der Waals surface area (Å²) < 4.78 is 5.66. The van der Waals surface area contributed by atoms with E-state index in [1.54, 1.807) is 0 Å². The van der Waals surface area contributed by atoms with Gasteiger partial charge in [-0.25, -0.2) is 4.79 Å². The third-order valence-corrected chi connectivity index (χ3v) is 3.23. The van der Waals surface area contributed by atoms with E-state index in [2.05, 4.69) is 5.32 Å². The van der Waals surface area contributed by atoms with Crippen LogP contribution in [0, 0.1) is 0 Å². The molecule has 0 bridgehead atoms. The van der Waals surface area contributed by atoms with Crippen LogP contribution in [0.2, 0.25) is 0 Å². The number of para-hydroxylation sites is 1. The second-order valence-corrected chi connectivity index (χ2v) is 5.00. The predicted molar refractivity (Wildman–Crippen MR) is 73.3 cm³/mol. The van der Waals surface area contributed by atoms with E-state index in [9.17, 15) is 4.79 Å². The van der Waals surface area contributed by atoms with Crippen molar-refractivity contribution < 1.29 is 14.6 Å². The second kappa shape index (κ2) is 6.57. The summed E-state index contributed by atoms with van der Waals surface area (Å²) in [5.41, 5.74) is 1.02. The van der Waals surface area contributed by atoms with Crippen LogP contribution in [0.15, 0.2) is 24.3 Å². The van der Waals surface area contributed by atoms with Gasteiger partial charge in [-0.1, -0.05) is 31.5 Å². The highest BCUT2D eigenvalue weighted by atomic mass is 16.5. The second-order valence-electron chi connectivity index (χ2n) is 5.00. The van der Waals surface area contributed by atoms with Crippen molar-refractivity contribution in [2.45, 2.75) is 51.3 Å². The fourth-order valence-electron chi connectivity index (χ4n) is 1.95. The molecule has 0 aliphatic heterocycles. The molecule has 1 fully saturated rings. The molecule has 19 heavy (non-hydrogen) atoms. The summed E-state index contributed by atoms with van der Waals surface area (Å²) in [4.78, 5) is 11.1. The van der Waals surface area contributed by atoms with E-state index in [-0.39, 0.29) is 0 Å². The molecule has 2 N–H and O–H groups in total. The van der Waals surface area contributed by atoms with Gasteiger partial charge in [-0.05, 0) is 25.3 Å². The Kier molecular flexibility index (Phi) is 4.80. The molecule has 0 amide bonds. The van der Waals surface area contributed by atoms with Crippen LogP contribution in [0.4, 0.5) is 0 Å². The van der Waals surface area contributed by atoms with E-state index < -0.39 is 12.1 Å². The summed E-state index contributed by atoms with van der Waals surface area (Å²) >= 11 is 0. The smallest absolute Gasteiger partial charge is 0.344 e. The monoisotopic (exact) mass is 263 g/mol. The number of carboxylic acids is 1. The van der Waals surface area contributed by atoms with E-state index in [4.69, 9.17) is 9.84 Å². The minimum absolute atomic E-state index is 0.528. The number of ether oxygens (including phenoxy) is 1. The molecule has 0 radical (unpaired) electrons. The molecular formula is C15H21NO3. The maximum absolute atomic E-state index is 11.1. The number of benzene rings is 1. The zero-order valence-electron chi connectivity index (χ0n) is 11.3. The Labute approximate surface area is 113 Å². The van der Waals surface area contributed by atoms with Crippen LogP contribution in [0.5, 0.6) is 5.75 Å². The van der Waals surface area contributed by atoms with Crippen molar-refractivity contribution in [1.29, 1.82) is 0 Å². The number of carboxylic acid groups (broad SMARTS) is 1. The van der Waals surface area contributed by atoms with Crippen LogP contribution in [0.3, 0.4) is 0 Å². The molecule has 0 spiro atoms. The van der Waals surface area contributed by atoms with Crippen LogP contribution in [-0.4, -0.2) is 23.2 Å². The average Bonchev–Trinajstić information content (AvgIpc) is 3.21. The summed E-state index contributed by atoms with van der Waals surface area (Å²) in [5.74, 6) is -0.219. The Bertz CT molecular complexity index is 429. The lowest BCUT2D eigenvalue weighted by Crippen LogP contribution is -2.27. The number of rotatable bonds is 8. The first-order valence-corrected chi connectivity index (χ1v) is 6.91. The average molecular weight is 263 g/mol. The van der Waals surface area contributed by atoms with E-state index >= 15 is 0 Å². The molecule has 4 heteroatoms. The SMILES string of the molecule is CCCC(Oc1ccccc1CNC1CC1)C(=O)O. The molecule has 104 valence electrons. The molecule has 1 aliphatic rings. The lowest BCUT2D eigenvalue weighted by atomic mass is 10.1. The quantitative estimate of drug-likeness (QED) is 0.757. The van der Waals surface area contributed by atoms with Gasteiger partial charge in [0.05, 0.1) is 0 Å². The van der Waals surface area contributed by atoms with Gasteiger partial charge in [0.25, 0.3) is 0 Å². The number of nitrogens with one attached hydrogen (secondary N) is 1. The maximum atomic E-state index is 11.1. The maximum Gasteiger partial charge on any atom is 0.344 e. The van der Waals surface area contributed by atoms with Crippen molar-refractivity contribution in [3.05, 3.63) is 29.8 Å². The van der Waals surface area contributed by atoms with Crippen molar-refractivity contribution in [2.75, 3.05) is 0 Å². The molecule has 0 heterocycles. The van der Waals surface area contributed by atoms with E-state index in [0.29, 0.717) is 18.2 Å². The van der Waals surface area contributed by atoms with Gasteiger partial charge in [0, 0.05) is 18.2 Å². The lowest BCUT2D eigenvalue weighted by molar-refractivity contribution is -0.145. The minimum atomic E-state index is -0.896. The van der Waals surface area contributed by atoms with E-state index in [1.165, 1.54) is 12.8 Å². The molecule has 1 atom stereocenters. The van der Waals surface area contributed by atoms with Crippen molar-refractivity contribution >= 4 is 5.97 Å². The molecule has 4 nitrogen and oxygen atoms in total. The normalized spacial score (nSPS) is 16.1. The van der Waals surface area contributed by atoms with Crippen molar-refractivity contribution in [1.82, 2.24) is 5.32 Å². The zero-order valence-corrected chi connectivity index (χ0v) is 11.3. The van der Waals surface area contributed by atoms with Crippen molar-refractivity contribution in [2.24, 2.45) is 0 Å². The summed E-state index contributed by atoms with van der Waals surface area (Å²) in [6.07, 6.45) is 3.03. The Hall–Kier alpha value is -1.55.